The zero-order valence-corrected chi connectivity index (χ0v) is 16.1. The van der Waals surface area contributed by atoms with Crippen LogP contribution in [0.4, 0.5) is 0 Å². The summed E-state index contributed by atoms with van der Waals surface area (Å²) in [6.07, 6.45) is 3.53. The van der Waals surface area contributed by atoms with E-state index in [0.717, 1.165) is 16.4 Å². The van der Waals surface area contributed by atoms with Crippen molar-refractivity contribution in [3.8, 4) is 0 Å². The molecule has 1 aromatic heterocycles. The molecule has 0 radical (unpaired) electrons. The first-order valence-electron chi connectivity index (χ1n) is 8.83. The maximum Gasteiger partial charge on any atom is 0.269 e. The third kappa shape index (κ3) is 3.59. The van der Waals surface area contributed by atoms with E-state index in [1.54, 1.807) is 27.9 Å². The number of carbonyl (C=O) groups excluding carboxylic acids is 2. The van der Waals surface area contributed by atoms with Gasteiger partial charge in [0.25, 0.3) is 15.9 Å². The molecule has 0 spiro atoms. The van der Waals surface area contributed by atoms with Gasteiger partial charge in [-0.05, 0) is 26.0 Å². The van der Waals surface area contributed by atoms with Gasteiger partial charge in [0.05, 0.1) is 11.8 Å². The number of fused-ring (bicyclic) bond motifs is 1. The molecule has 2 aromatic rings. The number of amides is 2. The largest absolute Gasteiger partial charge is 0.338 e. The predicted molar refractivity (Wildman–Crippen MR) is 98.3 cm³/mol. The lowest BCUT2D eigenvalue weighted by Crippen LogP contribution is -2.36. The summed E-state index contributed by atoms with van der Waals surface area (Å²) < 4.78 is 27.7. The molecular weight excluding hydrogens is 368 g/mol. The van der Waals surface area contributed by atoms with E-state index in [4.69, 9.17) is 0 Å². The highest BCUT2D eigenvalue weighted by Crippen LogP contribution is 2.29. The molecule has 0 saturated carbocycles. The fourth-order valence-electron chi connectivity index (χ4n) is 3.07. The Morgan fingerprint density at radius 1 is 1.22 bits per heavy atom. The molecule has 1 aliphatic rings. The van der Waals surface area contributed by atoms with Crippen LogP contribution in [0.15, 0.2) is 41.6 Å². The predicted octanol–water partition coefficient (Wildman–Crippen LogP) is 1.49. The molecular formula is C18H22N4O4S. The Kier molecular flexibility index (Phi) is 5.31. The van der Waals surface area contributed by atoms with E-state index in [-0.39, 0.29) is 29.3 Å². The van der Waals surface area contributed by atoms with Gasteiger partial charge in [-0.1, -0.05) is 12.1 Å². The first-order chi connectivity index (χ1) is 12.9. The number of aryl methyl sites for hydroxylation is 1. The van der Waals surface area contributed by atoms with Gasteiger partial charge in [-0.25, -0.2) is 12.7 Å². The Balaban J connectivity index is 1.67. The van der Waals surface area contributed by atoms with Gasteiger partial charge in [0.15, 0.2) is 0 Å². The summed E-state index contributed by atoms with van der Waals surface area (Å²) in [5, 5.41) is 4.19. The Morgan fingerprint density at radius 3 is 2.59 bits per heavy atom. The SMILES string of the molecule is CCN(Cc1cnn(CC)c1)C(=O)CCN1C(=O)c2ccccc2S1(=O)=O. The van der Waals surface area contributed by atoms with E-state index >= 15 is 0 Å². The molecule has 1 aliphatic heterocycles. The average molecular weight is 390 g/mol. The standard InChI is InChI=1S/C18H22N4O4S/c1-3-20(12-14-11-19-21(4-2)13-14)17(23)9-10-22-18(24)15-7-5-6-8-16(15)27(22,25)26/h5-8,11,13H,3-4,9-10,12H2,1-2H3. The molecule has 3 rings (SSSR count). The minimum Gasteiger partial charge on any atom is -0.338 e. The number of sulfonamides is 1. The first-order valence-corrected chi connectivity index (χ1v) is 10.3. The van der Waals surface area contributed by atoms with Crippen LogP contribution in [0.2, 0.25) is 0 Å². The van der Waals surface area contributed by atoms with Crippen LogP contribution < -0.4 is 0 Å². The highest BCUT2D eigenvalue weighted by molar-refractivity contribution is 7.90. The molecule has 0 aliphatic carbocycles. The van der Waals surface area contributed by atoms with E-state index in [1.165, 1.54) is 12.1 Å². The molecule has 27 heavy (non-hydrogen) atoms. The normalized spacial score (nSPS) is 15.0. The first kappa shape index (κ1) is 19.1. The smallest absolute Gasteiger partial charge is 0.269 e. The van der Waals surface area contributed by atoms with Gasteiger partial charge < -0.3 is 4.90 Å². The second kappa shape index (κ2) is 7.51. The van der Waals surface area contributed by atoms with Crippen molar-refractivity contribution in [2.45, 2.75) is 38.3 Å². The van der Waals surface area contributed by atoms with Crippen LogP contribution in [0.5, 0.6) is 0 Å². The Morgan fingerprint density at radius 2 is 1.96 bits per heavy atom. The number of benzene rings is 1. The molecule has 2 heterocycles. The molecule has 0 atom stereocenters. The molecule has 0 unspecified atom stereocenters. The number of rotatable bonds is 7. The fraction of sp³-hybridized carbons (Fsp3) is 0.389. The van der Waals surface area contributed by atoms with Crippen LogP contribution in [0.1, 0.15) is 36.2 Å². The molecule has 144 valence electrons. The Hall–Kier alpha value is -2.68. The lowest BCUT2D eigenvalue weighted by molar-refractivity contribution is -0.131. The summed E-state index contributed by atoms with van der Waals surface area (Å²) in [4.78, 5) is 26.6. The molecule has 0 bridgehead atoms. The minimum atomic E-state index is -3.88. The monoisotopic (exact) mass is 390 g/mol. The van der Waals surface area contributed by atoms with Crippen molar-refractivity contribution in [2.75, 3.05) is 13.1 Å². The zero-order valence-electron chi connectivity index (χ0n) is 15.3. The van der Waals surface area contributed by atoms with E-state index < -0.39 is 15.9 Å². The van der Waals surface area contributed by atoms with Crippen molar-refractivity contribution in [2.24, 2.45) is 0 Å². The Bertz CT molecular complexity index is 967. The molecule has 2 amide bonds. The number of nitrogens with zero attached hydrogens (tertiary/aromatic N) is 4. The van der Waals surface area contributed by atoms with Crippen LogP contribution in [-0.4, -0.2) is 52.3 Å². The summed E-state index contributed by atoms with van der Waals surface area (Å²) in [6, 6.07) is 6.10. The van der Waals surface area contributed by atoms with E-state index in [1.807, 2.05) is 20.0 Å². The summed E-state index contributed by atoms with van der Waals surface area (Å²) in [6.45, 7) is 5.29. The van der Waals surface area contributed by atoms with Gasteiger partial charge in [-0.2, -0.15) is 5.10 Å². The highest BCUT2D eigenvalue weighted by atomic mass is 32.2. The van der Waals surface area contributed by atoms with Crippen molar-refractivity contribution < 1.29 is 18.0 Å². The van der Waals surface area contributed by atoms with Gasteiger partial charge in [0.1, 0.15) is 4.90 Å². The molecule has 8 nitrogen and oxygen atoms in total. The molecule has 0 N–H and O–H groups in total. The second-order valence-electron chi connectivity index (χ2n) is 6.24. The van der Waals surface area contributed by atoms with E-state index in [2.05, 4.69) is 5.10 Å². The lowest BCUT2D eigenvalue weighted by Gasteiger charge is -2.22. The zero-order chi connectivity index (χ0) is 19.6. The molecule has 9 heteroatoms. The summed E-state index contributed by atoms with van der Waals surface area (Å²) in [5.41, 5.74) is 1.06. The highest BCUT2D eigenvalue weighted by Gasteiger charge is 2.40. The quantitative estimate of drug-likeness (QED) is 0.714. The van der Waals surface area contributed by atoms with Gasteiger partial charge in [-0.3, -0.25) is 14.3 Å². The molecule has 1 aromatic carbocycles. The van der Waals surface area contributed by atoms with Crippen LogP contribution in [0, 0.1) is 0 Å². The summed E-state index contributed by atoms with van der Waals surface area (Å²) in [5.74, 6) is -0.786. The van der Waals surface area contributed by atoms with Crippen molar-refractivity contribution in [3.05, 3.63) is 47.8 Å². The third-order valence-electron chi connectivity index (χ3n) is 4.56. The summed E-state index contributed by atoms with van der Waals surface area (Å²) >= 11 is 0. The maximum atomic E-state index is 12.6. The van der Waals surface area contributed by atoms with Gasteiger partial charge >= 0.3 is 0 Å². The van der Waals surface area contributed by atoms with Crippen molar-refractivity contribution in [1.82, 2.24) is 19.0 Å². The number of hydrogen-bond acceptors (Lipinski definition) is 5. The number of hydrogen-bond donors (Lipinski definition) is 0. The molecule has 0 fully saturated rings. The van der Waals surface area contributed by atoms with Gasteiger partial charge in [0.2, 0.25) is 5.91 Å². The lowest BCUT2D eigenvalue weighted by atomic mass is 10.2. The van der Waals surface area contributed by atoms with Crippen LogP contribution >= 0.6 is 0 Å². The van der Waals surface area contributed by atoms with Gasteiger partial charge in [-0.15, -0.1) is 0 Å². The van der Waals surface area contributed by atoms with Crippen LogP contribution in [0.25, 0.3) is 0 Å². The number of carbonyl (C=O) groups is 2. The summed E-state index contributed by atoms with van der Waals surface area (Å²) in [7, 11) is -3.88. The fourth-order valence-corrected chi connectivity index (χ4v) is 4.63. The van der Waals surface area contributed by atoms with E-state index in [0.29, 0.717) is 13.1 Å². The van der Waals surface area contributed by atoms with Crippen molar-refractivity contribution >= 4 is 21.8 Å². The second-order valence-corrected chi connectivity index (χ2v) is 8.07. The average Bonchev–Trinajstić information content (AvgIpc) is 3.20. The van der Waals surface area contributed by atoms with Gasteiger partial charge in [0, 0.05) is 44.4 Å². The van der Waals surface area contributed by atoms with Crippen molar-refractivity contribution in [3.63, 3.8) is 0 Å². The van der Waals surface area contributed by atoms with Crippen molar-refractivity contribution in [1.29, 1.82) is 0 Å². The van der Waals surface area contributed by atoms with Crippen LogP contribution in [-0.2, 0) is 27.9 Å². The number of aromatic nitrogens is 2. The third-order valence-corrected chi connectivity index (χ3v) is 6.40. The Labute approximate surface area is 158 Å². The van der Waals surface area contributed by atoms with Crippen LogP contribution in [0.3, 0.4) is 0 Å². The molecule has 0 saturated heterocycles. The minimum absolute atomic E-state index is 0.00164. The topological polar surface area (TPSA) is 92.6 Å². The van der Waals surface area contributed by atoms with E-state index in [9.17, 15) is 18.0 Å². The maximum absolute atomic E-state index is 12.6.